The normalized spacial score (nSPS) is 14.3. The van der Waals surface area contributed by atoms with E-state index < -0.39 is 34.8 Å². The highest BCUT2D eigenvalue weighted by atomic mass is 16.4. The highest BCUT2D eigenvalue weighted by Gasteiger charge is 2.65. The van der Waals surface area contributed by atoms with Gasteiger partial charge >= 0.3 is 17.9 Å². The Morgan fingerprint density at radius 1 is 0.556 bits per heavy atom. The molecule has 0 amide bonds. The first-order chi connectivity index (χ1) is 17.2. The van der Waals surface area contributed by atoms with Crippen LogP contribution in [0.2, 0.25) is 0 Å². The van der Waals surface area contributed by atoms with E-state index in [-0.39, 0.29) is 19.3 Å². The molecule has 4 N–H and O–H groups in total. The van der Waals surface area contributed by atoms with E-state index in [1.807, 2.05) is 6.92 Å². The van der Waals surface area contributed by atoms with Gasteiger partial charge in [0, 0.05) is 0 Å². The lowest BCUT2D eigenvalue weighted by atomic mass is 9.59. The van der Waals surface area contributed by atoms with Crippen LogP contribution in [-0.4, -0.2) is 43.9 Å². The van der Waals surface area contributed by atoms with E-state index in [0.29, 0.717) is 25.7 Å². The second kappa shape index (κ2) is 19.5. The molecule has 36 heavy (non-hydrogen) atoms. The maximum Gasteiger partial charge on any atom is 0.337 e. The molecule has 0 heterocycles. The number of rotatable bonds is 25. The van der Waals surface area contributed by atoms with Crippen LogP contribution in [0.15, 0.2) is 0 Å². The van der Waals surface area contributed by atoms with Gasteiger partial charge in [0.05, 0.1) is 5.92 Å². The molecule has 212 valence electrons. The standard InChI is InChI=1S/C29H54O7/c1-4-7-10-12-14-16-19-22-28(26(32)33,23-20-17-15-13-11-8-5-2)29(36,27(34)35)24(25(30)31)21-18-9-6-3/h24,36H,4-23H2,1-3H3,(H,30,31)(H,32,33)(H,34,35). The molecule has 0 fully saturated rings. The molecule has 0 aliphatic rings. The third kappa shape index (κ3) is 10.8. The van der Waals surface area contributed by atoms with Crippen molar-refractivity contribution in [2.45, 2.75) is 155 Å². The molecule has 0 bridgehead atoms. The molecular formula is C29H54O7. The first-order valence-corrected chi connectivity index (χ1v) is 14.6. The van der Waals surface area contributed by atoms with E-state index >= 15 is 0 Å². The van der Waals surface area contributed by atoms with Gasteiger partial charge in [-0.15, -0.1) is 0 Å². The summed E-state index contributed by atoms with van der Waals surface area (Å²) in [6.45, 7) is 6.22. The quantitative estimate of drug-likeness (QED) is 0.0931. The van der Waals surface area contributed by atoms with Crippen LogP contribution < -0.4 is 0 Å². The minimum atomic E-state index is -2.87. The van der Waals surface area contributed by atoms with Gasteiger partial charge in [-0.1, -0.05) is 130 Å². The molecule has 7 heteroatoms. The van der Waals surface area contributed by atoms with Crippen LogP contribution in [0.1, 0.15) is 149 Å². The number of carbonyl (C=O) groups is 3. The van der Waals surface area contributed by atoms with Crippen molar-refractivity contribution in [2.75, 3.05) is 0 Å². The smallest absolute Gasteiger partial charge is 0.337 e. The largest absolute Gasteiger partial charge is 0.481 e. The average molecular weight is 515 g/mol. The number of hydrogen-bond acceptors (Lipinski definition) is 4. The summed E-state index contributed by atoms with van der Waals surface area (Å²) in [5.74, 6) is -6.25. The van der Waals surface area contributed by atoms with Crippen LogP contribution in [0.25, 0.3) is 0 Å². The number of aliphatic hydroxyl groups is 1. The molecular weight excluding hydrogens is 460 g/mol. The molecule has 0 saturated heterocycles. The summed E-state index contributed by atoms with van der Waals surface area (Å²) in [6, 6.07) is 0. The van der Waals surface area contributed by atoms with Crippen molar-refractivity contribution in [3.63, 3.8) is 0 Å². The van der Waals surface area contributed by atoms with Gasteiger partial charge in [-0.2, -0.15) is 0 Å². The van der Waals surface area contributed by atoms with E-state index in [4.69, 9.17) is 0 Å². The van der Waals surface area contributed by atoms with Crippen LogP contribution >= 0.6 is 0 Å². The zero-order chi connectivity index (χ0) is 27.5. The predicted molar refractivity (Wildman–Crippen MR) is 143 cm³/mol. The molecule has 0 aliphatic heterocycles. The van der Waals surface area contributed by atoms with E-state index in [1.54, 1.807) is 0 Å². The Kier molecular flexibility index (Phi) is 18.6. The number of carboxylic acids is 3. The average Bonchev–Trinajstić information content (AvgIpc) is 2.83. The van der Waals surface area contributed by atoms with Gasteiger partial charge in [0.15, 0.2) is 5.60 Å². The zero-order valence-electron chi connectivity index (χ0n) is 23.2. The van der Waals surface area contributed by atoms with E-state index in [1.165, 1.54) is 0 Å². The third-order valence-corrected chi connectivity index (χ3v) is 7.78. The van der Waals surface area contributed by atoms with Gasteiger partial charge in [-0.3, -0.25) is 9.59 Å². The van der Waals surface area contributed by atoms with E-state index in [9.17, 15) is 34.8 Å². The van der Waals surface area contributed by atoms with Gasteiger partial charge < -0.3 is 20.4 Å². The Morgan fingerprint density at radius 3 is 1.25 bits per heavy atom. The summed E-state index contributed by atoms with van der Waals surface area (Å²) in [7, 11) is 0. The monoisotopic (exact) mass is 514 g/mol. The van der Waals surface area contributed by atoms with Crippen molar-refractivity contribution in [1.82, 2.24) is 0 Å². The van der Waals surface area contributed by atoms with Gasteiger partial charge in [0.2, 0.25) is 0 Å². The molecule has 0 radical (unpaired) electrons. The molecule has 7 nitrogen and oxygen atoms in total. The maximum atomic E-state index is 12.8. The molecule has 2 atom stereocenters. The van der Waals surface area contributed by atoms with E-state index in [0.717, 1.165) is 83.5 Å². The second-order valence-corrected chi connectivity index (χ2v) is 10.6. The fraction of sp³-hybridized carbons (Fsp3) is 0.897. The SMILES string of the molecule is CCCCCCCCCC(CCCCCCCCC)(C(=O)O)C(O)(C(=O)O)C(CCCCC)C(=O)O. The molecule has 0 saturated carbocycles. The van der Waals surface area contributed by atoms with Crippen LogP contribution in [0.5, 0.6) is 0 Å². The Hall–Kier alpha value is -1.63. The Balaban J connectivity index is 5.90. The first kappa shape index (κ1) is 34.4. The third-order valence-electron chi connectivity index (χ3n) is 7.78. The number of aliphatic carboxylic acids is 3. The van der Waals surface area contributed by atoms with Crippen molar-refractivity contribution in [2.24, 2.45) is 11.3 Å². The fourth-order valence-corrected chi connectivity index (χ4v) is 5.45. The maximum absolute atomic E-state index is 12.8. The number of hydrogen-bond donors (Lipinski definition) is 4. The second-order valence-electron chi connectivity index (χ2n) is 10.6. The topological polar surface area (TPSA) is 132 Å². The summed E-state index contributed by atoms with van der Waals surface area (Å²) in [5, 5.41) is 42.3. The highest BCUT2D eigenvalue weighted by molar-refractivity contribution is 5.93. The number of carboxylic acid groups (broad SMARTS) is 3. The Bertz CT molecular complexity index is 601. The summed E-state index contributed by atoms with van der Waals surface area (Å²) in [6.07, 6.45) is 14.8. The minimum absolute atomic E-state index is 0.0354. The number of unbranched alkanes of at least 4 members (excludes halogenated alkanes) is 14. The molecule has 0 spiro atoms. The van der Waals surface area contributed by atoms with Crippen LogP contribution in [-0.2, 0) is 14.4 Å². The Labute approximate surface area is 219 Å². The van der Waals surface area contributed by atoms with Crippen molar-refractivity contribution >= 4 is 17.9 Å². The van der Waals surface area contributed by atoms with Gasteiger partial charge in [0.25, 0.3) is 0 Å². The molecule has 0 rings (SSSR count). The van der Waals surface area contributed by atoms with Gasteiger partial charge in [-0.05, 0) is 19.3 Å². The van der Waals surface area contributed by atoms with E-state index in [2.05, 4.69) is 13.8 Å². The minimum Gasteiger partial charge on any atom is -0.481 e. The van der Waals surface area contributed by atoms with Crippen LogP contribution in [0, 0.1) is 11.3 Å². The molecule has 0 aromatic rings. The molecule has 0 aromatic carbocycles. The summed E-state index contributed by atoms with van der Waals surface area (Å²) in [4.78, 5) is 37.7. The summed E-state index contributed by atoms with van der Waals surface area (Å²) < 4.78 is 0. The predicted octanol–water partition coefficient (Wildman–Crippen LogP) is 7.44. The van der Waals surface area contributed by atoms with Crippen molar-refractivity contribution in [3.8, 4) is 0 Å². The Morgan fingerprint density at radius 2 is 0.917 bits per heavy atom. The molecule has 0 aromatic heterocycles. The van der Waals surface area contributed by atoms with Crippen molar-refractivity contribution in [3.05, 3.63) is 0 Å². The molecule has 0 aliphatic carbocycles. The van der Waals surface area contributed by atoms with Crippen LogP contribution in [0.4, 0.5) is 0 Å². The highest BCUT2D eigenvalue weighted by Crippen LogP contribution is 2.48. The fourth-order valence-electron chi connectivity index (χ4n) is 5.45. The van der Waals surface area contributed by atoms with Crippen molar-refractivity contribution < 1.29 is 34.8 Å². The summed E-state index contributed by atoms with van der Waals surface area (Å²) in [5.41, 5.74) is -4.91. The summed E-state index contributed by atoms with van der Waals surface area (Å²) >= 11 is 0. The lowest BCUT2D eigenvalue weighted by molar-refractivity contribution is -0.207. The van der Waals surface area contributed by atoms with Gasteiger partial charge in [0.1, 0.15) is 5.41 Å². The molecule has 2 unspecified atom stereocenters. The lowest BCUT2D eigenvalue weighted by Crippen LogP contribution is -2.64. The van der Waals surface area contributed by atoms with Crippen molar-refractivity contribution in [1.29, 1.82) is 0 Å². The first-order valence-electron chi connectivity index (χ1n) is 14.6. The lowest BCUT2D eigenvalue weighted by Gasteiger charge is -2.45. The van der Waals surface area contributed by atoms with Gasteiger partial charge in [-0.25, -0.2) is 4.79 Å². The van der Waals surface area contributed by atoms with Crippen LogP contribution in [0.3, 0.4) is 0 Å². The zero-order valence-corrected chi connectivity index (χ0v) is 23.2.